The highest BCUT2D eigenvalue weighted by Gasteiger charge is 2.30. The summed E-state index contributed by atoms with van der Waals surface area (Å²) in [6, 6.07) is 1.22. The number of nitrogens with zero attached hydrogens (tertiary/aromatic N) is 2. The lowest BCUT2D eigenvalue weighted by Gasteiger charge is -1.94. The van der Waals surface area contributed by atoms with E-state index in [0.717, 1.165) is 19.0 Å². The molecule has 16 heavy (non-hydrogen) atoms. The normalized spacial score (nSPS) is 16.8. The van der Waals surface area contributed by atoms with Gasteiger partial charge >= 0.3 is 10.2 Å². The highest BCUT2D eigenvalue weighted by Crippen LogP contribution is 2.42. The Morgan fingerprint density at radius 2 is 2.19 bits per heavy atom. The van der Waals surface area contributed by atoms with E-state index in [4.69, 9.17) is 4.52 Å². The Kier molecular flexibility index (Phi) is 1.82. The van der Waals surface area contributed by atoms with Crippen LogP contribution in [0.25, 0.3) is 11.1 Å². The molecular weight excluding hydrogens is 235 g/mol. The third-order valence-corrected chi connectivity index (χ3v) is 3.36. The van der Waals surface area contributed by atoms with E-state index >= 15 is 0 Å². The molecule has 7 heteroatoms. The van der Waals surface area contributed by atoms with Crippen LogP contribution in [0.2, 0.25) is 0 Å². The monoisotopic (exact) mass is 242 g/mol. The summed E-state index contributed by atoms with van der Waals surface area (Å²) in [5.74, 6) is 0.292. The van der Waals surface area contributed by atoms with Gasteiger partial charge in [0.05, 0.1) is 17.3 Å². The van der Waals surface area contributed by atoms with Gasteiger partial charge in [0.1, 0.15) is 4.90 Å². The Hall–Kier alpha value is -1.50. The van der Waals surface area contributed by atoms with Crippen LogP contribution in [0.5, 0.6) is 0 Å². The van der Waals surface area contributed by atoms with Crippen molar-refractivity contribution in [1.82, 2.24) is 10.1 Å². The molecule has 0 bridgehead atoms. The average Bonchev–Trinajstić information content (AvgIpc) is 2.96. The molecule has 3 rings (SSSR count). The summed E-state index contributed by atoms with van der Waals surface area (Å²) in [5.41, 5.74) is 0.919. The van der Waals surface area contributed by atoms with Gasteiger partial charge in [-0.15, -0.1) is 3.89 Å². The minimum atomic E-state index is -4.73. The van der Waals surface area contributed by atoms with Gasteiger partial charge in [-0.2, -0.15) is 8.42 Å². The summed E-state index contributed by atoms with van der Waals surface area (Å²) in [7, 11) is -4.73. The lowest BCUT2D eigenvalue weighted by atomic mass is 10.2. The van der Waals surface area contributed by atoms with Crippen LogP contribution in [0.4, 0.5) is 3.89 Å². The van der Waals surface area contributed by atoms with Crippen LogP contribution >= 0.6 is 0 Å². The van der Waals surface area contributed by atoms with E-state index in [2.05, 4.69) is 10.1 Å². The Balaban J connectivity index is 2.25. The van der Waals surface area contributed by atoms with Crippen molar-refractivity contribution < 1.29 is 16.8 Å². The minimum Gasteiger partial charge on any atom is -0.336 e. The maximum Gasteiger partial charge on any atom is 0.333 e. The van der Waals surface area contributed by atoms with Crippen LogP contribution < -0.4 is 0 Å². The third-order valence-electron chi connectivity index (χ3n) is 2.58. The Bertz CT molecular complexity index is 660. The molecule has 1 aliphatic rings. The van der Waals surface area contributed by atoms with E-state index in [-0.39, 0.29) is 5.71 Å². The van der Waals surface area contributed by atoms with Gasteiger partial charge in [0.15, 0.2) is 0 Å². The van der Waals surface area contributed by atoms with E-state index in [1.165, 1.54) is 6.07 Å². The molecule has 0 unspecified atom stereocenters. The van der Waals surface area contributed by atoms with Crippen molar-refractivity contribution in [3.8, 4) is 0 Å². The van der Waals surface area contributed by atoms with Crippen LogP contribution in [-0.4, -0.2) is 18.6 Å². The fourth-order valence-corrected chi connectivity index (χ4v) is 2.05. The van der Waals surface area contributed by atoms with Crippen molar-refractivity contribution in [1.29, 1.82) is 0 Å². The zero-order valence-electron chi connectivity index (χ0n) is 8.05. The molecular formula is C9H7FN2O3S. The first kappa shape index (κ1) is 9.71. The number of hydrogen-bond acceptors (Lipinski definition) is 5. The molecule has 0 aromatic carbocycles. The highest BCUT2D eigenvalue weighted by molar-refractivity contribution is 7.86. The molecule has 0 radical (unpaired) electrons. The molecule has 1 fully saturated rings. The summed E-state index contributed by atoms with van der Waals surface area (Å²) in [4.78, 5) is 3.28. The van der Waals surface area contributed by atoms with E-state index in [0.29, 0.717) is 17.0 Å². The summed E-state index contributed by atoms with van der Waals surface area (Å²) < 4.78 is 39.2. The standard InChI is InChI=1S/C9H7FN2O3S/c10-16(13,14)6-3-7-8(5-1-2-5)12-15-9(7)11-4-6/h3-5H,1-2H2. The summed E-state index contributed by atoms with van der Waals surface area (Å²) in [5, 5.41) is 4.31. The van der Waals surface area contributed by atoms with E-state index < -0.39 is 15.1 Å². The van der Waals surface area contributed by atoms with Crippen LogP contribution in [0, 0.1) is 0 Å². The molecule has 0 saturated heterocycles. The zero-order valence-corrected chi connectivity index (χ0v) is 8.87. The maximum absolute atomic E-state index is 12.8. The first-order valence-electron chi connectivity index (χ1n) is 4.76. The van der Waals surface area contributed by atoms with Crippen molar-refractivity contribution in [2.75, 3.05) is 0 Å². The fraction of sp³-hybridized carbons (Fsp3) is 0.333. The van der Waals surface area contributed by atoms with Crippen LogP contribution in [0.15, 0.2) is 21.7 Å². The van der Waals surface area contributed by atoms with Crippen molar-refractivity contribution in [2.24, 2.45) is 0 Å². The zero-order chi connectivity index (χ0) is 11.3. The first-order chi connectivity index (χ1) is 7.55. The molecule has 0 N–H and O–H groups in total. The number of hydrogen-bond donors (Lipinski definition) is 0. The molecule has 0 atom stereocenters. The maximum atomic E-state index is 12.8. The second kappa shape index (κ2) is 3.00. The number of aromatic nitrogens is 2. The van der Waals surface area contributed by atoms with Gasteiger partial charge < -0.3 is 4.52 Å². The molecule has 5 nitrogen and oxygen atoms in total. The van der Waals surface area contributed by atoms with Gasteiger partial charge in [-0.3, -0.25) is 0 Å². The van der Waals surface area contributed by atoms with E-state index in [9.17, 15) is 12.3 Å². The fourth-order valence-electron chi connectivity index (χ4n) is 1.62. The topological polar surface area (TPSA) is 73.1 Å². The molecule has 84 valence electrons. The van der Waals surface area contributed by atoms with Crippen molar-refractivity contribution in [3.05, 3.63) is 18.0 Å². The van der Waals surface area contributed by atoms with Crippen molar-refractivity contribution >= 4 is 21.3 Å². The predicted molar refractivity (Wildman–Crippen MR) is 52.1 cm³/mol. The van der Waals surface area contributed by atoms with Gasteiger partial charge in [0.2, 0.25) is 0 Å². The Morgan fingerprint density at radius 1 is 1.44 bits per heavy atom. The van der Waals surface area contributed by atoms with Crippen molar-refractivity contribution in [2.45, 2.75) is 23.7 Å². The second-order valence-electron chi connectivity index (χ2n) is 3.80. The smallest absolute Gasteiger partial charge is 0.333 e. The highest BCUT2D eigenvalue weighted by atomic mass is 32.3. The van der Waals surface area contributed by atoms with Crippen molar-refractivity contribution in [3.63, 3.8) is 0 Å². The van der Waals surface area contributed by atoms with Crippen LogP contribution in [0.1, 0.15) is 24.5 Å². The lowest BCUT2D eigenvalue weighted by Crippen LogP contribution is -1.93. The van der Waals surface area contributed by atoms with Gasteiger partial charge in [0.25, 0.3) is 5.71 Å². The second-order valence-corrected chi connectivity index (χ2v) is 5.15. The number of pyridine rings is 1. The van der Waals surface area contributed by atoms with E-state index in [1.807, 2.05) is 0 Å². The Morgan fingerprint density at radius 3 is 2.81 bits per heavy atom. The van der Waals surface area contributed by atoms with E-state index in [1.54, 1.807) is 0 Å². The first-order valence-corrected chi connectivity index (χ1v) is 6.14. The largest absolute Gasteiger partial charge is 0.336 e. The number of fused-ring (bicyclic) bond motifs is 1. The number of halogens is 1. The molecule has 2 aromatic heterocycles. The lowest BCUT2D eigenvalue weighted by molar-refractivity contribution is 0.439. The Labute approximate surface area is 90.5 Å². The van der Waals surface area contributed by atoms with Crippen LogP contribution in [-0.2, 0) is 10.2 Å². The molecule has 0 aliphatic heterocycles. The van der Waals surface area contributed by atoms with Gasteiger partial charge in [-0.1, -0.05) is 5.16 Å². The molecule has 1 aliphatic carbocycles. The predicted octanol–water partition coefficient (Wildman–Crippen LogP) is 1.76. The molecule has 2 heterocycles. The molecule has 2 aromatic rings. The molecule has 0 amide bonds. The SMILES string of the molecule is O=S(=O)(F)c1cnc2onc(C3CC3)c2c1. The quantitative estimate of drug-likeness (QED) is 0.750. The summed E-state index contributed by atoms with van der Waals surface area (Å²) >= 11 is 0. The molecule has 1 saturated carbocycles. The number of rotatable bonds is 2. The van der Waals surface area contributed by atoms with Crippen LogP contribution in [0.3, 0.4) is 0 Å². The third kappa shape index (κ3) is 1.47. The van der Waals surface area contributed by atoms with Gasteiger partial charge in [0, 0.05) is 5.92 Å². The molecule has 0 spiro atoms. The summed E-state index contributed by atoms with van der Waals surface area (Å²) in [6.07, 6.45) is 2.92. The van der Waals surface area contributed by atoms with Gasteiger partial charge in [-0.25, -0.2) is 4.98 Å². The van der Waals surface area contributed by atoms with Gasteiger partial charge in [-0.05, 0) is 18.9 Å². The average molecular weight is 242 g/mol. The minimum absolute atomic E-state index is 0.245. The summed E-state index contributed by atoms with van der Waals surface area (Å²) in [6.45, 7) is 0.